The second kappa shape index (κ2) is 3.48. The van der Waals surface area contributed by atoms with Crippen LogP contribution >= 0.6 is 0 Å². The molecule has 4 heteroatoms. The largest absolute Gasteiger partial charge is 0.411 e. The Hall–Kier alpha value is -0.250. The van der Waals surface area contributed by atoms with Crippen LogP contribution in [0.15, 0.2) is 0 Å². The highest BCUT2D eigenvalue weighted by molar-refractivity contribution is 4.92. The van der Waals surface area contributed by atoms with Crippen LogP contribution in [0.5, 0.6) is 0 Å². The minimum absolute atomic E-state index is 0.333. The monoisotopic (exact) mass is 196 g/mol. The zero-order valence-corrected chi connectivity index (χ0v) is 7.95. The van der Waals surface area contributed by atoms with Gasteiger partial charge in [-0.15, -0.1) is 0 Å². The first kappa shape index (κ1) is 10.8. The van der Waals surface area contributed by atoms with E-state index in [1.807, 2.05) is 6.92 Å². The Morgan fingerprint density at radius 3 is 2.15 bits per heavy atom. The van der Waals surface area contributed by atoms with Crippen LogP contribution in [0.2, 0.25) is 0 Å². The summed E-state index contributed by atoms with van der Waals surface area (Å²) in [6.07, 6.45) is -1.55. The van der Waals surface area contributed by atoms with E-state index in [4.69, 9.17) is 4.74 Å². The van der Waals surface area contributed by atoms with Crippen molar-refractivity contribution < 1.29 is 17.9 Å². The van der Waals surface area contributed by atoms with Gasteiger partial charge in [-0.2, -0.15) is 13.2 Å². The lowest BCUT2D eigenvalue weighted by Gasteiger charge is -2.29. The van der Waals surface area contributed by atoms with Gasteiger partial charge in [-0.3, -0.25) is 0 Å². The Bertz CT molecular complexity index is 174. The molecule has 0 spiro atoms. The van der Waals surface area contributed by atoms with Crippen LogP contribution in [-0.2, 0) is 4.74 Å². The van der Waals surface area contributed by atoms with Gasteiger partial charge in [0, 0.05) is 0 Å². The lowest BCUT2D eigenvalue weighted by Crippen LogP contribution is -2.34. The summed E-state index contributed by atoms with van der Waals surface area (Å²) in [4.78, 5) is 0. The van der Waals surface area contributed by atoms with Gasteiger partial charge in [0.1, 0.15) is 6.61 Å². The van der Waals surface area contributed by atoms with Gasteiger partial charge in [-0.1, -0.05) is 6.92 Å². The standard InChI is InChI=1S/C9H15F3O/c1-3-8(2,7-4-5-7)13-6-9(10,11)12/h7H,3-6H2,1-2H3. The summed E-state index contributed by atoms with van der Waals surface area (Å²) in [5, 5.41) is 0. The average molecular weight is 196 g/mol. The Kier molecular flexibility index (Phi) is 2.90. The molecule has 13 heavy (non-hydrogen) atoms. The molecule has 1 saturated carbocycles. The fourth-order valence-corrected chi connectivity index (χ4v) is 1.45. The molecule has 0 radical (unpaired) electrons. The average Bonchev–Trinajstić information content (AvgIpc) is 2.81. The van der Waals surface area contributed by atoms with Crippen LogP contribution in [0.4, 0.5) is 13.2 Å². The molecule has 0 aromatic carbocycles. The van der Waals surface area contributed by atoms with Gasteiger partial charge >= 0.3 is 6.18 Å². The third-order valence-electron chi connectivity index (χ3n) is 2.71. The van der Waals surface area contributed by atoms with Gasteiger partial charge in [0.15, 0.2) is 0 Å². The van der Waals surface area contributed by atoms with E-state index in [0.29, 0.717) is 12.3 Å². The predicted octanol–water partition coefficient (Wildman–Crippen LogP) is 3.14. The molecule has 1 aliphatic rings. The van der Waals surface area contributed by atoms with E-state index in [2.05, 4.69) is 0 Å². The molecule has 0 N–H and O–H groups in total. The third-order valence-corrected chi connectivity index (χ3v) is 2.71. The lowest BCUT2D eigenvalue weighted by atomic mass is 9.97. The van der Waals surface area contributed by atoms with Crippen molar-refractivity contribution in [1.82, 2.24) is 0 Å². The minimum Gasteiger partial charge on any atom is -0.366 e. The molecule has 1 atom stereocenters. The molecule has 0 aliphatic heterocycles. The summed E-state index contributed by atoms with van der Waals surface area (Å²) in [5.74, 6) is 0.333. The molecular weight excluding hydrogens is 181 g/mol. The summed E-state index contributed by atoms with van der Waals surface area (Å²) >= 11 is 0. The van der Waals surface area contributed by atoms with Crippen molar-refractivity contribution in [2.75, 3.05) is 6.61 Å². The zero-order valence-electron chi connectivity index (χ0n) is 7.95. The van der Waals surface area contributed by atoms with Crippen LogP contribution in [0.1, 0.15) is 33.1 Å². The first-order chi connectivity index (χ1) is 5.87. The second-order valence-corrected chi connectivity index (χ2v) is 3.84. The smallest absolute Gasteiger partial charge is 0.366 e. The molecular formula is C9H15F3O. The number of hydrogen-bond donors (Lipinski definition) is 0. The van der Waals surface area contributed by atoms with E-state index in [-0.39, 0.29) is 0 Å². The predicted molar refractivity (Wildman–Crippen MR) is 43.4 cm³/mol. The maximum atomic E-state index is 11.9. The van der Waals surface area contributed by atoms with E-state index >= 15 is 0 Å². The molecule has 0 bridgehead atoms. The minimum atomic E-state index is -4.20. The third kappa shape index (κ3) is 3.18. The van der Waals surface area contributed by atoms with Gasteiger partial charge in [0.2, 0.25) is 0 Å². The first-order valence-corrected chi connectivity index (χ1v) is 4.58. The molecule has 0 heterocycles. The van der Waals surface area contributed by atoms with Crippen molar-refractivity contribution >= 4 is 0 Å². The normalized spacial score (nSPS) is 22.8. The van der Waals surface area contributed by atoms with E-state index < -0.39 is 18.4 Å². The molecule has 1 nitrogen and oxygen atoms in total. The van der Waals surface area contributed by atoms with E-state index in [1.54, 1.807) is 6.92 Å². The summed E-state index contributed by atoms with van der Waals surface area (Å²) < 4.78 is 40.6. The fraction of sp³-hybridized carbons (Fsp3) is 1.00. The van der Waals surface area contributed by atoms with Crippen LogP contribution < -0.4 is 0 Å². The first-order valence-electron chi connectivity index (χ1n) is 4.58. The van der Waals surface area contributed by atoms with Gasteiger partial charge in [-0.25, -0.2) is 0 Å². The van der Waals surface area contributed by atoms with Crippen molar-refractivity contribution in [3.8, 4) is 0 Å². The number of halogens is 3. The Morgan fingerprint density at radius 1 is 1.31 bits per heavy atom. The molecule has 1 rings (SSSR count). The zero-order chi connectivity index (χ0) is 10.1. The molecule has 1 fully saturated rings. The maximum Gasteiger partial charge on any atom is 0.411 e. The summed E-state index contributed by atoms with van der Waals surface area (Å²) in [7, 11) is 0. The van der Waals surface area contributed by atoms with Crippen LogP contribution in [0.25, 0.3) is 0 Å². The van der Waals surface area contributed by atoms with Crippen LogP contribution in [0, 0.1) is 5.92 Å². The number of ether oxygens (including phenoxy) is 1. The van der Waals surface area contributed by atoms with Crippen molar-refractivity contribution in [1.29, 1.82) is 0 Å². The number of rotatable bonds is 4. The quantitative estimate of drug-likeness (QED) is 0.671. The van der Waals surface area contributed by atoms with E-state index in [9.17, 15) is 13.2 Å². The molecule has 0 aromatic rings. The van der Waals surface area contributed by atoms with E-state index in [0.717, 1.165) is 12.8 Å². The molecule has 0 amide bonds. The van der Waals surface area contributed by atoms with E-state index in [1.165, 1.54) is 0 Å². The number of alkyl halides is 3. The van der Waals surface area contributed by atoms with Crippen LogP contribution in [0.3, 0.4) is 0 Å². The Labute approximate surface area is 76.3 Å². The highest BCUT2D eigenvalue weighted by Crippen LogP contribution is 2.44. The van der Waals surface area contributed by atoms with Crippen molar-refractivity contribution in [3.05, 3.63) is 0 Å². The van der Waals surface area contributed by atoms with Gasteiger partial charge < -0.3 is 4.74 Å². The molecule has 0 saturated heterocycles. The Morgan fingerprint density at radius 2 is 1.85 bits per heavy atom. The SMILES string of the molecule is CCC(C)(OCC(F)(F)F)C1CC1. The topological polar surface area (TPSA) is 9.23 Å². The summed E-state index contributed by atoms with van der Waals surface area (Å²) in [6, 6.07) is 0. The van der Waals surface area contributed by atoms with Crippen molar-refractivity contribution in [2.45, 2.75) is 44.9 Å². The summed E-state index contributed by atoms with van der Waals surface area (Å²) in [6.45, 7) is 2.53. The lowest BCUT2D eigenvalue weighted by molar-refractivity contribution is -0.207. The van der Waals surface area contributed by atoms with Crippen molar-refractivity contribution in [2.24, 2.45) is 5.92 Å². The molecule has 1 aliphatic carbocycles. The molecule has 78 valence electrons. The Balaban J connectivity index is 2.39. The van der Waals surface area contributed by atoms with Gasteiger partial charge in [0.25, 0.3) is 0 Å². The maximum absolute atomic E-state index is 11.9. The summed E-state index contributed by atoms with van der Waals surface area (Å²) in [5.41, 5.74) is -0.560. The highest BCUT2D eigenvalue weighted by atomic mass is 19.4. The second-order valence-electron chi connectivity index (χ2n) is 3.84. The fourth-order valence-electron chi connectivity index (χ4n) is 1.45. The molecule has 1 unspecified atom stereocenters. The van der Waals surface area contributed by atoms with Gasteiger partial charge in [0.05, 0.1) is 5.60 Å². The van der Waals surface area contributed by atoms with Crippen molar-refractivity contribution in [3.63, 3.8) is 0 Å². The van der Waals surface area contributed by atoms with Crippen LogP contribution in [-0.4, -0.2) is 18.4 Å². The molecule has 0 aromatic heterocycles. The van der Waals surface area contributed by atoms with Gasteiger partial charge in [-0.05, 0) is 32.1 Å². The highest BCUT2D eigenvalue weighted by Gasteiger charge is 2.43. The number of hydrogen-bond acceptors (Lipinski definition) is 1.